The number of anilines is 1. The molecule has 0 aromatic heterocycles. The highest BCUT2D eigenvalue weighted by Crippen LogP contribution is 2.15. The van der Waals surface area contributed by atoms with E-state index in [4.69, 9.17) is 4.74 Å². The monoisotopic (exact) mass is 387 g/mol. The molecule has 29 heavy (non-hydrogen) atoms. The summed E-state index contributed by atoms with van der Waals surface area (Å²) in [5.74, 6) is -1.08. The van der Waals surface area contributed by atoms with Crippen molar-refractivity contribution in [2.24, 2.45) is 0 Å². The molecule has 0 bridgehead atoms. The van der Waals surface area contributed by atoms with Crippen LogP contribution in [0, 0.1) is 0 Å². The smallest absolute Gasteiger partial charge is 0.338 e. The van der Waals surface area contributed by atoms with Gasteiger partial charge in [0.25, 0.3) is 5.91 Å². The Bertz CT molecular complexity index is 998. The molecule has 5 nitrogen and oxygen atoms in total. The van der Waals surface area contributed by atoms with Crippen molar-refractivity contribution in [2.75, 3.05) is 11.9 Å². The number of para-hydroxylation sites is 1. The van der Waals surface area contributed by atoms with Crippen molar-refractivity contribution in [1.82, 2.24) is 0 Å². The number of esters is 1. The third-order valence-electron chi connectivity index (χ3n) is 4.52. The van der Waals surface area contributed by atoms with Crippen molar-refractivity contribution in [3.05, 3.63) is 102 Å². The lowest BCUT2D eigenvalue weighted by molar-refractivity contribution is -0.126. The maximum atomic E-state index is 12.5. The summed E-state index contributed by atoms with van der Waals surface area (Å²) in [5.41, 5.74) is 2.03. The molecule has 0 fully saturated rings. The van der Waals surface area contributed by atoms with Gasteiger partial charge < -0.3 is 9.64 Å². The van der Waals surface area contributed by atoms with Crippen LogP contribution in [0.4, 0.5) is 5.69 Å². The molecule has 0 spiro atoms. The number of amides is 1. The predicted molar refractivity (Wildman–Crippen MR) is 111 cm³/mol. The molecule has 3 rings (SSSR count). The van der Waals surface area contributed by atoms with Gasteiger partial charge >= 0.3 is 5.97 Å². The number of hydrogen-bond donors (Lipinski definition) is 0. The second-order valence-electron chi connectivity index (χ2n) is 6.55. The SMILES string of the molecule is C[C@@H](OC(=O)c1ccc(C(=O)c2ccccc2)cc1)C(=O)N(C)c1ccccc1. The quantitative estimate of drug-likeness (QED) is 0.471. The summed E-state index contributed by atoms with van der Waals surface area (Å²) in [6.07, 6.45) is -0.946. The van der Waals surface area contributed by atoms with Gasteiger partial charge in [-0.2, -0.15) is 0 Å². The number of carbonyl (C=O) groups is 3. The maximum absolute atomic E-state index is 12.5. The van der Waals surface area contributed by atoms with Crippen LogP contribution < -0.4 is 4.90 Å². The number of ketones is 1. The molecule has 0 saturated carbocycles. The fourth-order valence-electron chi connectivity index (χ4n) is 2.84. The molecule has 0 radical (unpaired) electrons. The predicted octanol–water partition coefficient (Wildman–Crippen LogP) is 4.13. The zero-order chi connectivity index (χ0) is 20.8. The second-order valence-corrected chi connectivity index (χ2v) is 6.55. The van der Waals surface area contributed by atoms with E-state index < -0.39 is 12.1 Å². The summed E-state index contributed by atoms with van der Waals surface area (Å²) in [6, 6.07) is 24.2. The molecule has 3 aromatic rings. The number of nitrogens with zero attached hydrogens (tertiary/aromatic N) is 1. The Kier molecular flexibility index (Phi) is 6.19. The van der Waals surface area contributed by atoms with Crippen LogP contribution in [0.1, 0.15) is 33.2 Å². The van der Waals surface area contributed by atoms with E-state index in [1.54, 1.807) is 55.6 Å². The minimum Gasteiger partial charge on any atom is -0.449 e. The van der Waals surface area contributed by atoms with Crippen LogP contribution in [-0.4, -0.2) is 30.8 Å². The molecule has 0 aliphatic heterocycles. The standard InChI is InChI=1S/C24H21NO4/c1-17(23(27)25(2)21-11-7-4-8-12-21)29-24(28)20-15-13-19(14-16-20)22(26)18-9-5-3-6-10-18/h3-17H,1-2H3/t17-/m1/s1. The number of carbonyl (C=O) groups excluding carboxylic acids is 3. The van der Waals surface area contributed by atoms with Crippen LogP contribution in [-0.2, 0) is 9.53 Å². The second kappa shape index (κ2) is 8.97. The van der Waals surface area contributed by atoms with E-state index in [1.807, 2.05) is 24.3 Å². The third kappa shape index (κ3) is 4.76. The summed E-state index contributed by atoms with van der Waals surface area (Å²) in [4.78, 5) is 38.8. The molecule has 1 amide bonds. The molecule has 0 aliphatic carbocycles. The van der Waals surface area contributed by atoms with Gasteiger partial charge in [-0.25, -0.2) is 4.79 Å². The zero-order valence-corrected chi connectivity index (χ0v) is 16.2. The van der Waals surface area contributed by atoms with Crippen molar-refractivity contribution >= 4 is 23.3 Å². The first kappa shape index (κ1) is 20.0. The first-order chi connectivity index (χ1) is 14.0. The van der Waals surface area contributed by atoms with E-state index in [2.05, 4.69) is 0 Å². The van der Waals surface area contributed by atoms with Crippen LogP contribution in [0.2, 0.25) is 0 Å². The first-order valence-corrected chi connectivity index (χ1v) is 9.21. The summed E-state index contributed by atoms with van der Waals surface area (Å²) < 4.78 is 5.31. The molecule has 0 heterocycles. The van der Waals surface area contributed by atoms with Gasteiger partial charge in [0.1, 0.15) is 0 Å². The minimum atomic E-state index is -0.946. The highest BCUT2D eigenvalue weighted by atomic mass is 16.5. The van der Waals surface area contributed by atoms with Crippen LogP contribution >= 0.6 is 0 Å². The number of benzene rings is 3. The number of ether oxygens (including phenoxy) is 1. The molecule has 0 aliphatic rings. The largest absolute Gasteiger partial charge is 0.449 e. The molecule has 146 valence electrons. The van der Waals surface area contributed by atoms with E-state index in [-0.39, 0.29) is 17.3 Å². The minimum absolute atomic E-state index is 0.126. The van der Waals surface area contributed by atoms with Crippen LogP contribution in [0.25, 0.3) is 0 Å². The molecule has 0 N–H and O–H groups in total. The highest BCUT2D eigenvalue weighted by Gasteiger charge is 2.23. The fraction of sp³-hybridized carbons (Fsp3) is 0.125. The van der Waals surface area contributed by atoms with E-state index in [9.17, 15) is 14.4 Å². The number of likely N-dealkylation sites (N-methyl/N-ethyl adjacent to an activating group) is 1. The lowest BCUT2D eigenvalue weighted by atomic mass is 10.0. The molecule has 3 aromatic carbocycles. The summed E-state index contributed by atoms with van der Waals surface area (Å²) in [5, 5.41) is 0. The third-order valence-corrected chi connectivity index (χ3v) is 4.52. The summed E-state index contributed by atoms with van der Waals surface area (Å²) >= 11 is 0. The average Bonchev–Trinajstić information content (AvgIpc) is 2.78. The van der Waals surface area contributed by atoms with Crippen molar-refractivity contribution in [3.8, 4) is 0 Å². The Hall–Kier alpha value is -3.73. The van der Waals surface area contributed by atoms with Gasteiger partial charge in [0.15, 0.2) is 11.9 Å². The van der Waals surface area contributed by atoms with Gasteiger partial charge in [-0.1, -0.05) is 60.7 Å². The average molecular weight is 387 g/mol. The van der Waals surface area contributed by atoms with Crippen molar-refractivity contribution in [1.29, 1.82) is 0 Å². The number of rotatable bonds is 6. The fourth-order valence-corrected chi connectivity index (χ4v) is 2.84. The Morgan fingerprint density at radius 3 is 1.79 bits per heavy atom. The molecule has 0 saturated heterocycles. The normalized spacial score (nSPS) is 11.4. The molecule has 1 atom stereocenters. The van der Waals surface area contributed by atoms with E-state index >= 15 is 0 Å². The van der Waals surface area contributed by atoms with Gasteiger partial charge in [-0.15, -0.1) is 0 Å². The Morgan fingerprint density at radius 1 is 0.724 bits per heavy atom. The Balaban J connectivity index is 1.64. The van der Waals surface area contributed by atoms with E-state index in [0.29, 0.717) is 16.8 Å². The van der Waals surface area contributed by atoms with Crippen LogP contribution in [0.15, 0.2) is 84.9 Å². The van der Waals surface area contributed by atoms with Gasteiger partial charge in [-0.05, 0) is 31.2 Å². The Labute approximate surface area is 169 Å². The maximum Gasteiger partial charge on any atom is 0.338 e. The molecule has 0 unspecified atom stereocenters. The van der Waals surface area contributed by atoms with E-state index in [0.717, 1.165) is 0 Å². The highest BCUT2D eigenvalue weighted by molar-refractivity contribution is 6.09. The van der Waals surface area contributed by atoms with Gasteiger partial charge in [0.2, 0.25) is 0 Å². The van der Waals surface area contributed by atoms with Crippen molar-refractivity contribution < 1.29 is 19.1 Å². The topological polar surface area (TPSA) is 63.7 Å². The van der Waals surface area contributed by atoms with Crippen LogP contribution in [0.3, 0.4) is 0 Å². The first-order valence-electron chi connectivity index (χ1n) is 9.21. The Morgan fingerprint density at radius 2 is 1.21 bits per heavy atom. The lowest BCUT2D eigenvalue weighted by Gasteiger charge is -2.21. The molecule has 5 heteroatoms. The zero-order valence-electron chi connectivity index (χ0n) is 16.2. The molecular weight excluding hydrogens is 366 g/mol. The van der Waals surface area contributed by atoms with Gasteiger partial charge in [-0.3, -0.25) is 9.59 Å². The van der Waals surface area contributed by atoms with Crippen molar-refractivity contribution in [2.45, 2.75) is 13.0 Å². The van der Waals surface area contributed by atoms with E-state index in [1.165, 1.54) is 24.0 Å². The molecular formula is C24H21NO4. The van der Waals surface area contributed by atoms with Crippen molar-refractivity contribution in [3.63, 3.8) is 0 Å². The summed E-state index contributed by atoms with van der Waals surface area (Å²) in [6.45, 7) is 1.53. The van der Waals surface area contributed by atoms with Gasteiger partial charge in [0, 0.05) is 23.9 Å². The number of hydrogen-bond acceptors (Lipinski definition) is 4. The van der Waals surface area contributed by atoms with Gasteiger partial charge in [0.05, 0.1) is 5.56 Å². The van der Waals surface area contributed by atoms with Crippen LogP contribution in [0.5, 0.6) is 0 Å². The summed E-state index contributed by atoms with van der Waals surface area (Å²) in [7, 11) is 1.63. The lowest BCUT2D eigenvalue weighted by Crippen LogP contribution is -2.37.